The number of rotatable bonds is 7. The number of amides is 2. The van der Waals surface area contributed by atoms with Gasteiger partial charge in [0, 0.05) is 38.3 Å². The molecule has 0 aromatic heterocycles. The minimum atomic E-state index is -0.409. The molecule has 0 aliphatic carbocycles. The lowest BCUT2D eigenvalue weighted by Gasteiger charge is -2.26. The summed E-state index contributed by atoms with van der Waals surface area (Å²) in [6.45, 7) is 9.00. The van der Waals surface area contributed by atoms with Crippen molar-refractivity contribution in [3.8, 4) is 0 Å². The second-order valence-corrected chi connectivity index (χ2v) is 6.62. The van der Waals surface area contributed by atoms with Crippen LogP contribution in [0.25, 0.3) is 0 Å². The summed E-state index contributed by atoms with van der Waals surface area (Å²) < 4.78 is 5.36. The number of primary amides is 1. The molecule has 1 atom stereocenters. The highest BCUT2D eigenvalue weighted by Crippen LogP contribution is 2.23. The van der Waals surface area contributed by atoms with Gasteiger partial charge in [-0.05, 0) is 32.4 Å². The Morgan fingerprint density at radius 2 is 2.04 bits per heavy atom. The molecule has 2 amide bonds. The van der Waals surface area contributed by atoms with Gasteiger partial charge in [0.25, 0.3) is 0 Å². The summed E-state index contributed by atoms with van der Waals surface area (Å²) in [4.78, 5) is 27.6. The van der Waals surface area contributed by atoms with Crippen LogP contribution in [0, 0.1) is 5.92 Å². The fraction of sp³-hybridized carbons (Fsp3) is 0.579. The van der Waals surface area contributed by atoms with E-state index in [0.29, 0.717) is 6.54 Å². The molecular formula is C19H29N3O3. The van der Waals surface area contributed by atoms with Gasteiger partial charge in [-0.15, -0.1) is 0 Å². The van der Waals surface area contributed by atoms with Gasteiger partial charge in [0.15, 0.2) is 0 Å². The fourth-order valence-electron chi connectivity index (χ4n) is 3.02. The van der Waals surface area contributed by atoms with Gasteiger partial charge >= 0.3 is 0 Å². The minimum Gasteiger partial charge on any atom is -0.379 e. The monoisotopic (exact) mass is 347 g/mol. The molecule has 1 unspecified atom stereocenters. The van der Waals surface area contributed by atoms with Crippen LogP contribution in [-0.4, -0.2) is 61.0 Å². The summed E-state index contributed by atoms with van der Waals surface area (Å²) in [6.07, 6.45) is 8.98. The Morgan fingerprint density at radius 3 is 2.64 bits per heavy atom. The lowest BCUT2D eigenvalue weighted by Crippen LogP contribution is -2.36. The van der Waals surface area contributed by atoms with Crippen molar-refractivity contribution >= 4 is 11.8 Å². The molecule has 0 aromatic carbocycles. The predicted octanol–water partition coefficient (Wildman–Crippen LogP) is 1.45. The Kier molecular flexibility index (Phi) is 7.40. The van der Waals surface area contributed by atoms with E-state index < -0.39 is 11.8 Å². The molecule has 2 heterocycles. The number of carbonyl (C=O) groups excluding carboxylic acids is 2. The molecule has 0 bridgehead atoms. The Hall–Kier alpha value is -1.92. The zero-order valence-electron chi connectivity index (χ0n) is 15.2. The van der Waals surface area contributed by atoms with Gasteiger partial charge in [0.2, 0.25) is 11.8 Å². The molecule has 6 heteroatoms. The maximum atomic E-state index is 12.2. The standard InChI is InChI=1S/C19H29N3O3/c1-3-4-17(22-14-16(19(20)24)13-18(22)23)6-5-15(2)7-8-21-9-11-25-12-10-21/h3-6,16H,7-14H2,1-2H3,(H2,20,24)/b4-3-,15-5+,17-6+. The van der Waals surface area contributed by atoms with Crippen molar-refractivity contribution in [2.24, 2.45) is 11.7 Å². The molecule has 0 radical (unpaired) electrons. The number of likely N-dealkylation sites (tertiary alicyclic amines) is 1. The van der Waals surface area contributed by atoms with E-state index in [2.05, 4.69) is 17.9 Å². The van der Waals surface area contributed by atoms with Crippen LogP contribution in [0.4, 0.5) is 0 Å². The van der Waals surface area contributed by atoms with Crippen LogP contribution >= 0.6 is 0 Å². The number of hydrogen-bond acceptors (Lipinski definition) is 4. The molecule has 0 aromatic rings. The van der Waals surface area contributed by atoms with Crippen LogP contribution in [0.15, 0.2) is 35.6 Å². The number of allylic oxidation sites excluding steroid dienone is 4. The number of hydrogen-bond donors (Lipinski definition) is 1. The fourth-order valence-corrected chi connectivity index (χ4v) is 3.02. The van der Waals surface area contributed by atoms with Crippen molar-refractivity contribution in [2.75, 3.05) is 39.4 Å². The lowest BCUT2D eigenvalue weighted by atomic mass is 10.1. The summed E-state index contributed by atoms with van der Waals surface area (Å²) >= 11 is 0. The maximum absolute atomic E-state index is 12.2. The van der Waals surface area contributed by atoms with E-state index in [9.17, 15) is 9.59 Å². The third-order valence-electron chi connectivity index (χ3n) is 4.64. The lowest BCUT2D eigenvalue weighted by molar-refractivity contribution is -0.127. The summed E-state index contributed by atoms with van der Waals surface area (Å²) in [5.74, 6) is -0.854. The highest BCUT2D eigenvalue weighted by molar-refractivity contribution is 5.89. The van der Waals surface area contributed by atoms with Gasteiger partial charge in [0.05, 0.1) is 19.1 Å². The van der Waals surface area contributed by atoms with Crippen molar-refractivity contribution in [2.45, 2.75) is 26.7 Å². The molecular weight excluding hydrogens is 318 g/mol. The van der Waals surface area contributed by atoms with Crippen molar-refractivity contribution in [1.29, 1.82) is 0 Å². The second-order valence-electron chi connectivity index (χ2n) is 6.62. The molecule has 2 aliphatic heterocycles. The van der Waals surface area contributed by atoms with E-state index in [1.807, 2.05) is 25.2 Å². The van der Waals surface area contributed by atoms with Gasteiger partial charge in [-0.2, -0.15) is 0 Å². The topological polar surface area (TPSA) is 75.9 Å². The molecule has 2 saturated heterocycles. The van der Waals surface area contributed by atoms with Gasteiger partial charge in [0.1, 0.15) is 0 Å². The third kappa shape index (κ3) is 5.83. The quantitative estimate of drug-likeness (QED) is 0.707. The van der Waals surface area contributed by atoms with Crippen LogP contribution in [0.1, 0.15) is 26.7 Å². The predicted molar refractivity (Wildman–Crippen MR) is 97.5 cm³/mol. The van der Waals surface area contributed by atoms with E-state index in [1.54, 1.807) is 4.90 Å². The largest absolute Gasteiger partial charge is 0.379 e. The van der Waals surface area contributed by atoms with Crippen molar-refractivity contribution in [3.05, 3.63) is 35.6 Å². The first-order valence-corrected chi connectivity index (χ1v) is 8.91. The number of morpholine rings is 1. The van der Waals surface area contributed by atoms with E-state index in [1.165, 1.54) is 5.57 Å². The van der Waals surface area contributed by atoms with Crippen molar-refractivity contribution in [3.63, 3.8) is 0 Å². The van der Waals surface area contributed by atoms with Crippen molar-refractivity contribution < 1.29 is 14.3 Å². The minimum absolute atomic E-state index is 0.0486. The van der Waals surface area contributed by atoms with E-state index in [4.69, 9.17) is 10.5 Å². The van der Waals surface area contributed by atoms with Crippen LogP contribution in [0.3, 0.4) is 0 Å². The van der Waals surface area contributed by atoms with Crippen LogP contribution in [-0.2, 0) is 14.3 Å². The smallest absolute Gasteiger partial charge is 0.227 e. The van der Waals surface area contributed by atoms with Gasteiger partial charge in [-0.25, -0.2) is 0 Å². The number of ether oxygens (including phenoxy) is 1. The highest BCUT2D eigenvalue weighted by atomic mass is 16.5. The zero-order chi connectivity index (χ0) is 18.2. The highest BCUT2D eigenvalue weighted by Gasteiger charge is 2.34. The van der Waals surface area contributed by atoms with E-state index in [-0.39, 0.29) is 12.3 Å². The summed E-state index contributed by atoms with van der Waals surface area (Å²) in [7, 11) is 0. The van der Waals surface area contributed by atoms with Gasteiger partial charge in [-0.3, -0.25) is 14.5 Å². The maximum Gasteiger partial charge on any atom is 0.227 e. The molecule has 25 heavy (non-hydrogen) atoms. The van der Waals surface area contributed by atoms with Crippen LogP contribution in [0.2, 0.25) is 0 Å². The molecule has 2 fully saturated rings. The molecule has 0 saturated carbocycles. The van der Waals surface area contributed by atoms with Gasteiger partial charge < -0.3 is 15.4 Å². The first-order chi connectivity index (χ1) is 12.0. The summed E-state index contributed by atoms with van der Waals surface area (Å²) in [6, 6.07) is 0. The van der Waals surface area contributed by atoms with E-state index >= 15 is 0 Å². The normalized spacial score (nSPS) is 23.7. The summed E-state index contributed by atoms with van der Waals surface area (Å²) in [5.41, 5.74) is 7.41. The Balaban J connectivity index is 1.98. The van der Waals surface area contributed by atoms with Crippen molar-refractivity contribution in [1.82, 2.24) is 9.80 Å². The molecule has 0 spiro atoms. The average Bonchev–Trinajstić information content (AvgIpc) is 2.99. The van der Waals surface area contributed by atoms with Gasteiger partial charge in [-0.1, -0.05) is 17.7 Å². The Morgan fingerprint density at radius 1 is 1.32 bits per heavy atom. The molecule has 138 valence electrons. The summed E-state index contributed by atoms with van der Waals surface area (Å²) in [5, 5.41) is 0. The Bertz CT molecular complexity index is 574. The van der Waals surface area contributed by atoms with Crippen LogP contribution in [0.5, 0.6) is 0 Å². The number of nitrogens with zero attached hydrogens (tertiary/aromatic N) is 2. The number of carbonyl (C=O) groups is 2. The molecule has 2 N–H and O–H groups in total. The first-order valence-electron chi connectivity index (χ1n) is 8.91. The SMILES string of the molecule is C\C=C/C(=C\C=C(/C)CCN1CCOCC1)N1CC(C(N)=O)CC1=O. The Labute approximate surface area is 150 Å². The third-order valence-corrected chi connectivity index (χ3v) is 4.64. The molecule has 6 nitrogen and oxygen atoms in total. The first kappa shape index (κ1) is 19.4. The molecule has 2 rings (SSSR count). The van der Waals surface area contributed by atoms with E-state index in [0.717, 1.165) is 45.0 Å². The second kappa shape index (κ2) is 9.53. The zero-order valence-corrected chi connectivity index (χ0v) is 15.2. The molecule has 2 aliphatic rings. The average molecular weight is 347 g/mol. The van der Waals surface area contributed by atoms with Crippen LogP contribution < -0.4 is 5.73 Å². The number of nitrogens with two attached hydrogens (primary N) is 1.